The summed E-state index contributed by atoms with van der Waals surface area (Å²) in [5.41, 5.74) is 0. The number of hydrogen-bond acceptors (Lipinski definition) is 2. The summed E-state index contributed by atoms with van der Waals surface area (Å²) < 4.78 is 0. The standard InChI is InChI=1S/C6H11NO.C6H9NO/c2*1-2-7-5-3-4-6(7)8/h2-5H2,1H3;2H,1,3-5H2. The van der Waals surface area contributed by atoms with Gasteiger partial charge in [0.05, 0.1) is 0 Å². The highest BCUT2D eigenvalue weighted by Crippen LogP contribution is 2.08. The summed E-state index contributed by atoms with van der Waals surface area (Å²) in [4.78, 5) is 24.9. The van der Waals surface area contributed by atoms with Crippen LogP contribution in [0, 0.1) is 0 Å². The predicted octanol–water partition coefficient (Wildman–Crippen LogP) is 1.38. The molecule has 2 amide bonds. The fraction of sp³-hybridized carbons (Fsp3) is 0.667. The number of amides is 2. The predicted molar refractivity (Wildman–Crippen MR) is 62.6 cm³/mol. The molecule has 0 N–H and O–H groups in total. The van der Waals surface area contributed by atoms with E-state index in [0.29, 0.717) is 12.3 Å². The molecule has 2 fully saturated rings. The first-order valence-electron chi connectivity index (χ1n) is 5.88. The summed E-state index contributed by atoms with van der Waals surface area (Å²) in [6.45, 7) is 8.25. The summed E-state index contributed by atoms with van der Waals surface area (Å²) in [6.07, 6.45) is 5.12. The van der Waals surface area contributed by atoms with Crippen molar-refractivity contribution in [3.63, 3.8) is 0 Å². The zero-order valence-corrected chi connectivity index (χ0v) is 9.95. The third kappa shape index (κ3) is 3.36. The number of rotatable bonds is 2. The van der Waals surface area contributed by atoms with Gasteiger partial charge in [0.2, 0.25) is 11.8 Å². The molecule has 4 nitrogen and oxygen atoms in total. The van der Waals surface area contributed by atoms with Crippen LogP contribution in [0.25, 0.3) is 0 Å². The molecule has 2 rings (SSSR count). The highest BCUT2D eigenvalue weighted by atomic mass is 16.2. The minimum Gasteiger partial charge on any atom is -0.343 e. The Morgan fingerprint density at radius 2 is 1.81 bits per heavy atom. The Morgan fingerprint density at radius 3 is 2.06 bits per heavy atom. The van der Waals surface area contributed by atoms with E-state index in [0.717, 1.165) is 38.9 Å². The average molecular weight is 224 g/mol. The van der Waals surface area contributed by atoms with Crippen LogP contribution in [0.5, 0.6) is 0 Å². The summed E-state index contributed by atoms with van der Waals surface area (Å²) in [6, 6.07) is 0. The minimum absolute atomic E-state index is 0.208. The first kappa shape index (κ1) is 12.7. The fourth-order valence-electron chi connectivity index (χ4n) is 1.90. The van der Waals surface area contributed by atoms with Gasteiger partial charge in [-0.1, -0.05) is 6.58 Å². The van der Waals surface area contributed by atoms with Crippen LogP contribution in [0.1, 0.15) is 32.6 Å². The van der Waals surface area contributed by atoms with Gasteiger partial charge < -0.3 is 9.80 Å². The molecule has 2 aliphatic heterocycles. The van der Waals surface area contributed by atoms with Crippen molar-refractivity contribution in [3.8, 4) is 0 Å². The second-order valence-corrected chi connectivity index (χ2v) is 3.95. The molecule has 0 radical (unpaired) electrons. The van der Waals surface area contributed by atoms with Crippen LogP contribution in [-0.4, -0.2) is 41.2 Å². The number of likely N-dealkylation sites (tertiary alicyclic amines) is 2. The smallest absolute Gasteiger partial charge is 0.226 e. The van der Waals surface area contributed by atoms with Crippen molar-refractivity contribution in [3.05, 3.63) is 12.8 Å². The van der Waals surface area contributed by atoms with Gasteiger partial charge in [-0.2, -0.15) is 0 Å². The molecule has 0 spiro atoms. The molecule has 0 saturated carbocycles. The summed E-state index contributed by atoms with van der Waals surface area (Å²) in [7, 11) is 0. The topological polar surface area (TPSA) is 40.6 Å². The van der Waals surface area contributed by atoms with Crippen LogP contribution < -0.4 is 0 Å². The lowest BCUT2D eigenvalue weighted by atomic mass is 10.4. The molecular weight excluding hydrogens is 204 g/mol. The lowest BCUT2D eigenvalue weighted by molar-refractivity contribution is -0.127. The van der Waals surface area contributed by atoms with Crippen molar-refractivity contribution < 1.29 is 9.59 Å². The summed E-state index contributed by atoms with van der Waals surface area (Å²) in [5.74, 6) is 0.535. The van der Waals surface area contributed by atoms with Gasteiger partial charge in [0.15, 0.2) is 0 Å². The van der Waals surface area contributed by atoms with E-state index >= 15 is 0 Å². The van der Waals surface area contributed by atoms with Crippen LogP contribution >= 0.6 is 0 Å². The molecule has 2 aliphatic rings. The lowest BCUT2D eigenvalue weighted by Gasteiger charge is -2.10. The Hall–Kier alpha value is -1.32. The highest BCUT2D eigenvalue weighted by molar-refractivity contribution is 5.79. The van der Waals surface area contributed by atoms with E-state index < -0.39 is 0 Å². The monoisotopic (exact) mass is 224 g/mol. The van der Waals surface area contributed by atoms with Gasteiger partial charge in [-0.3, -0.25) is 9.59 Å². The van der Waals surface area contributed by atoms with Crippen LogP contribution in [0.3, 0.4) is 0 Å². The zero-order chi connectivity index (χ0) is 12.0. The van der Waals surface area contributed by atoms with Crippen LogP contribution in [-0.2, 0) is 9.59 Å². The van der Waals surface area contributed by atoms with Crippen LogP contribution in [0.2, 0.25) is 0 Å². The molecule has 4 heteroatoms. The van der Waals surface area contributed by atoms with Gasteiger partial charge in [-0.15, -0.1) is 0 Å². The molecule has 0 aromatic carbocycles. The van der Waals surface area contributed by atoms with Crippen LogP contribution in [0.4, 0.5) is 0 Å². The Labute approximate surface area is 96.9 Å². The number of carbonyl (C=O) groups is 2. The zero-order valence-electron chi connectivity index (χ0n) is 9.95. The van der Waals surface area contributed by atoms with Crippen molar-refractivity contribution in [2.45, 2.75) is 32.6 Å². The largest absolute Gasteiger partial charge is 0.343 e. The first-order valence-corrected chi connectivity index (χ1v) is 5.88. The van der Waals surface area contributed by atoms with Crippen molar-refractivity contribution in [2.24, 2.45) is 0 Å². The molecule has 2 saturated heterocycles. The van der Waals surface area contributed by atoms with E-state index in [-0.39, 0.29) is 5.91 Å². The molecule has 0 aromatic heterocycles. The average Bonchev–Trinajstić information content (AvgIpc) is 2.87. The van der Waals surface area contributed by atoms with Gasteiger partial charge >= 0.3 is 0 Å². The van der Waals surface area contributed by atoms with Gasteiger partial charge in [-0.05, 0) is 26.0 Å². The first-order chi connectivity index (χ1) is 7.69. The van der Waals surface area contributed by atoms with E-state index in [1.165, 1.54) is 0 Å². The van der Waals surface area contributed by atoms with Crippen LogP contribution in [0.15, 0.2) is 12.8 Å². The maximum Gasteiger partial charge on any atom is 0.226 e. The second-order valence-electron chi connectivity index (χ2n) is 3.95. The maximum absolute atomic E-state index is 10.7. The Morgan fingerprint density at radius 1 is 1.19 bits per heavy atom. The van der Waals surface area contributed by atoms with E-state index in [2.05, 4.69) is 6.58 Å². The second kappa shape index (κ2) is 6.30. The quantitative estimate of drug-likeness (QED) is 0.711. The third-order valence-electron chi connectivity index (χ3n) is 2.88. The van der Waals surface area contributed by atoms with Gasteiger partial charge in [0, 0.05) is 32.5 Å². The lowest BCUT2D eigenvalue weighted by Crippen LogP contribution is -2.23. The Bertz CT molecular complexity index is 276. The molecule has 0 unspecified atom stereocenters. The molecular formula is C12H20N2O2. The molecule has 0 atom stereocenters. The van der Waals surface area contributed by atoms with Gasteiger partial charge in [0.25, 0.3) is 0 Å². The Balaban J connectivity index is 0.000000160. The molecule has 16 heavy (non-hydrogen) atoms. The highest BCUT2D eigenvalue weighted by Gasteiger charge is 2.17. The van der Waals surface area contributed by atoms with Crippen molar-refractivity contribution in [1.29, 1.82) is 0 Å². The van der Waals surface area contributed by atoms with Crippen molar-refractivity contribution in [1.82, 2.24) is 9.80 Å². The van der Waals surface area contributed by atoms with Gasteiger partial charge in [-0.25, -0.2) is 0 Å². The molecule has 0 aromatic rings. The fourth-order valence-corrected chi connectivity index (χ4v) is 1.90. The van der Waals surface area contributed by atoms with Crippen molar-refractivity contribution >= 4 is 11.8 Å². The van der Waals surface area contributed by atoms with Gasteiger partial charge in [0.1, 0.15) is 0 Å². The van der Waals surface area contributed by atoms with E-state index in [4.69, 9.17) is 0 Å². The minimum atomic E-state index is 0.208. The number of carbonyl (C=O) groups excluding carboxylic acids is 2. The molecule has 0 aliphatic carbocycles. The summed E-state index contributed by atoms with van der Waals surface area (Å²) >= 11 is 0. The third-order valence-corrected chi connectivity index (χ3v) is 2.88. The Kier molecular flexibility index (Phi) is 5.02. The molecule has 90 valence electrons. The number of hydrogen-bond donors (Lipinski definition) is 0. The summed E-state index contributed by atoms with van der Waals surface area (Å²) in [5, 5.41) is 0. The van der Waals surface area contributed by atoms with E-state index in [9.17, 15) is 9.59 Å². The molecule has 0 bridgehead atoms. The normalized spacial score (nSPS) is 19.8. The van der Waals surface area contributed by atoms with E-state index in [1.807, 2.05) is 11.8 Å². The molecule has 2 heterocycles. The van der Waals surface area contributed by atoms with E-state index in [1.54, 1.807) is 11.1 Å². The maximum atomic E-state index is 10.7. The number of nitrogens with zero attached hydrogens (tertiary/aromatic N) is 2. The SMILES string of the molecule is C=CN1CCCC1=O.CCN1CCCC1=O. The van der Waals surface area contributed by atoms with Crippen molar-refractivity contribution in [2.75, 3.05) is 19.6 Å².